The van der Waals surface area contributed by atoms with E-state index in [1.807, 2.05) is 24.3 Å². The molecule has 2 aromatic rings. The van der Waals surface area contributed by atoms with Gasteiger partial charge < -0.3 is 19.9 Å². The molecule has 1 saturated heterocycles. The van der Waals surface area contributed by atoms with Crippen LogP contribution >= 0.6 is 0 Å². The van der Waals surface area contributed by atoms with Crippen molar-refractivity contribution in [2.24, 2.45) is 0 Å². The Bertz CT molecular complexity index is 1020. The summed E-state index contributed by atoms with van der Waals surface area (Å²) < 4.78 is 18.6. The summed E-state index contributed by atoms with van der Waals surface area (Å²) in [7, 11) is 1.57. The van der Waals surface area contributed by atoms with Gasteiger partial charge in [0.05, 0.1) is 19.6 Å². The molecule has 1 aliphatic rings. The van der Waals surface area contributed by atoms with E-state index in [0.717, 1.165) is 5.56 Å². The number of methoxy groups -OCH3 is 1. The molecule has 0 unspecified atom stereocenters. The van der Waals surface area contributed by atoms with E-state index in [1.165, 1.54) is 19.1 Å². The predicted octanol–water partition coefficient (Wildman–Crippen LogP) is 2.70. The summed E-state index contributed by atoms with van der Waals surface area (Å²) in [5.74, 6) is -0.370. The topological polar surface area (TPSA) is 79.0 Å². The highest BCUT2D eigenvalue weighted by molar-refractivity contribution is 5.91. The number of hydrogen-bond acceptors (Lipinski definition) is 4. The number of carbonyl (C=O) groups is 3. The molecule has 1 fully saturated rings. The number of rotatable bonds is 6. The van der Waals surface area contributed by atoms with E-state index in [9.17, 15) is 18.8 Å². The first-order chi connectivity index (χ1) is 15.6. The van der Waals surface area contributed by atoms with Gasteiger partial charge in [-0.25, -0.2) is 4.39 Å². The zero-order valence-electron chi connectivity index (χ0n) is 19.4. The Hall–Kier alpha value is -3.42. The van der Waals surface area contributed by atoms with Crippen LogP contribution in [0, 0.1) is 5.82 Å². The number of para-hydroxylation sites is 1. The first-order valence-corrected chi connectivity index (χ1v) is 10.9. The molecule has 8 heteroatoms. The number of nitrogens with one attached hydrogen (secondary N) is 1. The fraction of sp³-hybridized carbons (Fsp3) is 0.400. The van der Waals surface area contributed by atoms with Gasteiger partial charge in [-0.3, -0.25) is 14.4 Å². The van der Waals surface area contributed by atoms with Crippen LogP contribution in [0.2, 0.25) is 0 Å². The molecule has 0 radical (unpaired) electrons. The predicted molar refractivity (Wildman–Crippen MR) is 122 cm³/mol. The van der Waals surface area contributed by atoms with Crippen LogP contribution in [0.1, 0.15) is 37.9 Å². The van der Waals surface area contributed by atoms with Crippen LogP contribution < -0.4 is 10.1 Å². The van der Waals surface area contributed by atoms with Gasteiger partial charge in [-0.1, -0.05) is 30.3 Å². The molecule has 1 N–H and O–H groups in total. The summed E-state index contributed by atoms with van der Waals surface area (Å²) in [5, 5.41) is 2.80. The Morgan fingerprint density at radius 1 is 1.09 bits per heavy atom. The van der Waals surface area contributed by atoms with Crippen LogP contribution in [0.3, 0.4) is 0 Å². The molecule has 1 aliphatic heterocycles. The van der Waals surface area contributed by atoms with Crippen LogP contribution in [0.4, 0.5) is 4.39 Å². The van der Waals surface area contributed by atoms with Crippen LogP contribution in [-0.4, -0.2) is 59.8 Å². The first-order valence-electron chi connectivity index (χ1n) is 10.9. The van der Waals surface area contributed by atoms with Crippen molar-refractivity contribution in [3.8, 4) is 5.75 Å². The van der Waals surface area contributed by atoms with Gasteiger partial charge in [0.2, 0.25) is 17.7 Å². The minimum atomic E-state index is -1.15. The van der Waals surface area contributed by atoms with E-state index < -0.39 is 5.54 Å². The second kappa shape index (κ2) is 10.0. The quantitative estimate of drug-likeness (QED) is 0.727. The lowest BCUT2D eigenvalue weighted by molar-refractivity contribution is -0.147. The van der Waals surface area contributed by atoms with Crippen molar-refractivity contribution < 1.29 is 23.5 Å². The van der Waals surface area contributed by atoms with Crippen molar-refractivity contribution in [3.63, 3.8) is 0 Å². The number of carbonyl (C=O) groups excluding carboxylic acids is 3. The minimum absolute atomic E-state index is 0.0406. The molecule has 0 spiro atoms. The second-order valence-electron chi connectivity index (χ2n) is 8.70. The van der Waals surface area contributed by atoms with E-state index in [-0.39, 0.29) is 42.5 Å². The number of ether oxygens (including phenoxy) is 1. The maximum atomic E-state index is 13.4. The molecular formula is C25H30FN3O4. The van der Waals surface area contributed by atoms with Crippen molar-refractivity contribution in [2.45, 2.75) is 38.8 Å². The van der Waals surface area contributed by atoms with Gasteiger partial charge in [0.1, 0.15) is 17.1 Å². The molecule has 0 saturated carbocycles. The van der Waals surface area contributed by atoms with Crippen LogP contribution in [0.5, 0.6) is 5.75 Å². The molecule has 33 heavy (non-hydrogen) atoms. The lowest BCUT2D eigenvalue weighted by atomic mass is 9.97. The molecule has 3 rings (SSSR count). The zero-order chi connectivity index (χ0) is 24.2. The Morgan fingerprint density at radius 3 is 2.39 bits per heavy atom. The minimum Gasteiger partial charge on any atom is -0.496 e. The van der Waals surface area contributed by atoms with E-state index in [4.69, 9.17) is 4.74 Å². The molecule has 0 bridgehead atoms. The Morgan fingerprint density at radius 2 is 1.76 bits per heavy atom. The summed E-state index contributed by atoms with van der Waals surface area (Å²) >= 11 is 0. The van der Waals surface area contributed by atoms with Gasteiger partial charge in [0.15, 0.2) is 0 Å². The van der Waals surface area contributed by atoms with E-state index in [0.29, 0.717) is 24.4 Å². The third-order valence-corrected chi connectivity index (χ3v) is 5.83. The molecule has 2 aromatic carbocycles. The van der Waals surface area contributed by atoms with Gasteiger partial charge >= 0.3 is 0 Å². The zero-order valence-corrected chi connectivity index (χ0v) is 19.4. The monoisotopic (exact) mass is 455 g/mol. The highest BCUT2D eigenvalue weighted by atomic mass is 19.1. The molecular weight excluding hydrogens is 425 g/mol. The maximum absolute atomic E-state index is 13.4. The molecule has 3 amide bonds. The standard InChI is InChI=1S/C25H30FN3O4/c1-17(30)29-14-13-28(16-21(29)20-7-5-6-8-22(20)33-4)24(32)25(2,3)27-23(31)15-18-9-11-19(26)12-10-18/h5-12,21H,13-16H2,1-4H3,(H,27,31)/t21-/m1/s1. The molecule has 0 aliphatic carbocycles. The molecule has 176 valence electrons. The normalized spacial score (nSPS) is 16.3. The SMILES string of the molecule is COc1ccccc1[C@H]1CN(C(=O)C(C)(C)NC(=O)Cc2ccc(F)cc2)CCN1C(C)=O. The second-order valence-corrected chi connectivity index (χ2v) is 8.70. The number of amides is 3. The third kappa shape index (κ3) is 5.69. The molecule has 7 nitrogen and oxygen atoms in total. The number of nitrogens with zero attached hydrogens (tertiary/aromatic N) is 2. The smallest absolute Gasteiger partial charge is 0.247 e. The van der Waals surface area contributed by atoms with Gasteiger partial charge in [-0.2, -0.15) is 0 Å². The summed E-state index contributed by atoms with van der Waals surface area (Å²) in [4.78, 5) is 41.7. The fourth-order valence-electron chi connectivity index (χ4n) is 4.18. The van der Waals surface area contributed by atoms with Crippen LogP contribution in [0.15, 0.2) is 48.5 Å². The van der Waals surface area contributed by atoms with E-state index in [1.54, 1.807) is 42.9 Å². The van der Waals surface area contributed by atoms with Crippen molar-refractivity contribution in [3.05, 3.63) is 65.5 Å². The summed E-state index contributed by atoms with van der Waals surface area (Å²) in [5.41, 5.74) is 0.329. The first kappa shape index (κ1) is 24.2. The van der Waals surface area contributed by atoms with Gasteiger partial charge in [-0.15, -0.1) is 0 Å². The highest BCUT2D eigenvalue weighted by Crippen LogP contribution is 2.32. The van der Waals surface area contributed by atoms with Crippen molar-refractivity contribution in [1.82, 2.24) is 15.1 Å². The van der Waals surface area contributed by atoms with Gasteiger partial charge in [0.25, 0.3) is 0 Å². The third-order valence-electron chi connectivity index (χ3n) is 5.83. The highest BCUT2D eigenvalue weighted by Gasteiger charge is 2.39. The van der Waals surface area contributed by atoms with E-state index in [2.05, 4.69) is 5.32 Å². The van der Waals surface area contributed by atoms with Crippen molar-refractivity contribution in [2.75, 3.05) is 26.7 Å². The molecule has 1 heterocycles. The number of benzene rings is 2. The van der Waals surface area contributed by atoms with Crippen molar-refractivity contribution in [1.29, 1.82) is 0 Å². The number of piperazine rings is 1. The number of hydrogen-bond donors (Lipinski definition) is 1. The largest absolute Gasteiger partial charge is 0.496 e. The lowest BCUT2D eigenvalue weighted by Gasteiger charge is -2.43. The van der Waals surface area contributed by atoms with Crippen LogP contribution in [-0.2, 0) is 20.8 Å². The van der Waals surface area contributed by atoms with Crippen LogP contribution in [0.25, 0.3) is 0 Å². The lowest BCUT2D eigenvalue weighted by Crippen LogP contribution is -2.60. The summed E-state index contributed by atoms with van der Waals surface area (Å²) in [6, 6.07) is 12.8. The number of halogens is 1. The average Bonchev–Trinajstić information content (AvgIpc) is 2.79. The molecule has 1 atom stereocenters. The van der Waals surface area contributed by atoms with E-state index >= 15 is 0 Å². The molecule has 0 aromatic heterocycles. The Balaban J connectivity index is 1.74. The average molecular weight is 456 g/mol. The summed E-state index contributed by atoms with van der Waals surface area (Å²) in [6.07, 6.45) is 0.0406. The van der Waals surface area contributed by atoms with Gasteiger partial charge in [0, 0.05) is 32.1 Å². The van der Waals surface area contributed by atoms with Crippen molar-refractivity contribution >= 4 is 17.7 Å². The maximum Gasteiger partial charge on any atom is 0.247 e. The Labute approximate surface area is 193 Å². The fourth-order valence-corrected chi connectivity index (χ4v) is 4.18. The van der Waals surface area contributed by atoms with Gasteiger partial charge in [-0.05, 0) is 37.6 Å². The Kier molecular flexibility index (Phi) is 7.36. The summed E-state index contributed by atoms with van der Waals surface area (Å²) in [6.45, 7) is 5.86.